The average molecular weight is 509 g/mol. The fraction of sp³-hybridized carbons (Fsp3) is 0.476. The molecule has 3 rings (SSSR count). The fourth-order valence-electron chi connectivity index (χ4n) is 3.50. The molecule has 29 heavy (non-hydrogen) atoms. The molecule has 7 nitrogen and oxygen atoms in total. The molecule has 8 heteroatoms. The van der Waals surface area contributed by atoms with E-state index in [0.717, 1.165) is 57.7 Å². The molecule has 1 aromatic carbocycles. The van der Waals surface area contributed by atoms with Gasteiger partial charge in [0.15, 0.2) is 5.96 Å². The number of piperazine rings is 1. The van der Waals surface area contributed by atoms with E-state index in [2.05, 4.69) is 73.1 Å². The van der Waals surface area contributed by atoms with Crippen LogP contribution in [0.4, 0.5) is 11.6 Å². The van der Waals surface area contributed by atoms with Crippen LogP contribution in [0.15, 0.2) is 47.7 Å². The smallest absolute Gasteiger partial charge is 0.225 e. The lowest BCUT2D eigenvalue weighted by molar-refractivity contribution is 0.370. The van der Waals surface area contributed by atoms with Crippen LogP contribution >= 0.6 is 24.0 Å². The molecule has 0 amide bonds. The number of halogens is 1. The number of benzene rings is 1. The Kier molecular flexibility index (Phi) is 9.43. The number of aromatic nitrogens is 2. The highest BCUT2D eigenvalue weighted by molar-refractivity contribution is 14.0. The van der Waals surface area contributed by atoms with Crippen molar-refractivity contribution in [3.05, 3.63) is 48.3 Å². The zero-order valence-electron chi connectivity index (χ0n) is 17.6. The first kappa shape index (κ1) is 23.2. The fourth-order valence-corrected chi connectivity index (χ4v) is 3.50. The Morgan fingerprint density at radius 1 is 1.14 bits per heavy atom. The summed E-state index contributed by atoms with van der Waals surface area (Å²) in [7, 11) is 1.85. The van der Waals surface area contributed by atoms with Crippen molar-refractivity contribution in [1.29, 1.82) is 0 Å². The van der Waals surface area contributed by atoms with E-state index in [0.29, 0.717) is 0 Å². The number of aliphatic imine (C=N–C) groups is 1. The predicted octanol–water partition coefficient (Wildman–Crippen LogP) is 2.63. The minimum Gasteiger partial charge on any atom is -0.370 e. The van der Waals surface area contributed by atoms with Crippen molar-refractivity contribution in [2.45, 2.75) is 13.8 Å². The van der Waals surface area contributed by atoms with Gasteiger partial charge in [0.25, 0.3) is 0 Å². The Balaban J connectivity index is 0.00000300. The summed E-state index contributed by atoms with van der Waals surface area (Å²) in [4.78, 5) is 20.1. The molecular formula is C21H32IN7. The Bertz CT molecular complexity index is 761. The third-order valence-corrected chi connectivity index (χ3v) is 5.04. The van der Waals surface area contributed by atoms with Crippen LogP contribution in [0.2, 0.25) is 0 Å². The molecule has 158 valence electrons. The maximum atomic E-state index is 4.48. The van der Waals surface area contributed by atoms with Gasteiger partial charge in [0.1, 0.15) is 0 Å². The summed E-state index contributed by atoms with van der Waals surface area (Å²) < 4.78 is 0. The van der Waals surface area contributed by atoms with E-state index in [-0.39, 0.29) is 24.0 Å². The SMILES string of the molecule is CCN(CCNC(=NC)N1CCN(c2ncccn2)CC1)c1cccc(C)c1.I. The van der Waals surface area contributed by atoms with E-state index in [1.54, 1.807) is 12.4 Å². The molecule has 0 atom stereocenters. The lowest BCUT2D eigenvalue weighted by Crippen LogP contribution is -2.53. The molecular weight excluding hydrogens is 477 g/mol. The van der Waals surface area contributed by atoms with Gasteiger partial charge in [0.05, 0.1) is 0 Å². The van der Waals surface area contributed by atoms with Gasteiger partial charge < -0.3 is 20.0 Å². The average Bonchev–Trinajstić information content (AvgIpc) is 2.75. The van der Waals surface area contributed by atoms with Crippen molar-refractivity contribution in [2.24, 2.45) is 4.99 Å². The van der Waals surface area contributed by atoms with E-state index in [1.807, 2.05) is 13.1 Å². The van der Waals surface area contributed by atoms with Crippen LogP contribution in [0.3, 0.4) is 0 Å². The lowest BCUT2D eigenvalue weighted by atomic mass is 10.2. The van der Waals surface area contributed by atoms with Crippen LogP contribution in [0.5, 0.6) is 0 Å². The van der Waals surface area contributed by atoms with Gasteiger partial charge in [0.2, 0.25) is 5.95 Å². The van der Waals surface area contributed by atoms with Gasteiger partial charge in [-0.15, -0.1) is 24.0 Å². The van der Waals surface area contributed by atoms with Crippen LogP contribution in [0, 0.1) is 6.92 Å². The minimum absolute atomic E-state index is 0. The molecule has 1 aliphatic rings. The number of rotatable bonds is 6. The first-order valence-electron chi connectivity index (χ1n) is 10.0. The standard InChI is InChI=1S/C21H31N7.HI/c1-4-26(19-8-5-7-18(2)17-19)12-11-25-20(22-3)27-13-15-28(16-14-27)21-23-9-6-10-24-21;/h5-10,17H,4,11-16H2,1-3H3,(H,22,25);1H. The Morgan fingerprint density at radius 2 is 1.86 bits per heavy atom. The topological polar surface area (TPSA) is 59.9 Å². The van der Waals surface area contributed by atoms with Gasteiger partial charge in [-0.05, 0) is 37.6 Å². The van der Waals surface area contributed by atoms with Crippen molar-refractivity contribution < 1.29 is 0 Å². The molecule has 2 aromatic rings. The second-order valence-corrected chi connectivity index (χ2v) is 6.92. The number of aryl methyl sites for hydroxylation is 1. The third-order valence-electron chi connectivity index (χ3n) is 5.04. The number of anilines is 2. The summed E-state index contributed by atoms with van der Waals surface area (Å²) in [5.41, 5.74) is 2.57. The molecule has 1 saturated heterocycles. The normalized spacial score (nSPS) is 14.4. The maximum absolute atomic E-state index is 4.48. The van der Waals surface area contributed by atoms with E-state index >= 15 is 0 Å². The zero-order chi connectivity index (χ0) is 19.8. The van der Waals surface area contributed by atoms with Crippen molar-refractivity contribution in [3.63, 3.8) is 0 Å². The molecule has 0 spiro atoms. The van der Waals surface area contributed by atoms with Crippen molar-refractivity contribution >= 4 is 41.6 Å². The minimum atomic E-state index is 0. The maximum Gasteiger partial charge on any atom is 0.225 e. The molecule has 0 radical (unpaired) electrons. The molecule has 0 bridgehead atoms. The molecule has 1 fully saturated rings. The summed E-state index contributed by atoms with van der Waals surface area (Å²) in [5, 5.41) is 3.53. The number of hydrogen-bond acceptors (Lipinski definition) is 5. The van der Waals surface area contributed by atoms with Crippen LogP contribution in [-0.4, -0.2) is 73.7 Å². The molecule has 0 saturated carbocycles. The lowest BCUT2D eigenvalue weighted by Gasteiger charge is -2.36. The molecule has 2 heterocycles. The first-order valence-corrected chi connectivity index (χ1v) is 10.0. The van der Waals surface area contributed by atoms with Gasteiger partial charge in [-0.2, -0.15) is 0 Å². The molecule has 1 aromatic heterocycles. The predicted molar refractivity (Wildman–Crippen MR) is 132 cm³/mol. The molecule has 1 aliphatic heterocycles. The largest absolute Gasteiger partial charge is 0.370 e. The quantitative estimate of drug-likeness (QED) is 0.367. The number of likely N-dealkylation sites (N-methyl/N-ethyl adjacent to an activating group) is 1. The van der Waals surface area contributed by atoms with Crippen LogP contribution < -0.4 is 15.1 Å². The second-order valence-electron chi connectivity index (χ2n) is 6.92. The highest BCUT2D eigenvalue weighted by atomic mass is 127. The van der Waals surface area contributed by atoms with Gasteiger partial charge in [0, 0.05) is 70.9 Å². The van der Waals surface area contributed by atoms with Crippen LogP contribution in [0.1, 0.15) is 12.5 Å². The summed E-state index contributed by atoms with van der Waals surface area (Å²) in [6.07, 6.45) is 3.59. The van der Waals surface area contributed by atoms with E-state index in [4.69, 9.17) is 0 Å². The molecule has 1 N–H and O–H groups in total. The molecule has 0 unspecified atom stereocenters. The summed E-state index contributed by atoms with van der Waals surface area (Å²) in [6.45, 7) is 10.7. The van der Waals surface area contributed by atoms with Crippen molar-refractivity contribution in [1.82, 2.24) is 20.2 Å². The van der Waals surface area contributed by atoms with Crippen molar-refractivity contribution in [2.75, 3.05) is 62.7 Å². The highest BCUT2D eigenvalue weighted by Gasteiger charge is 2.21. The third kappa shape index (κ3) is 6.45. The number of hydrogen-bond donors (Lipinski definition) is 1. The highest BCUT2D eigenvalue weighted by Crippen LogP contribution is 2.15. The molecule has 0 aliphatic carbocycles. The van der Waals surface area contributed by atoms with Crippen molar-refractivity contribution in [3.8, 4) is 0 Å². The van der Waals surface area contributed by atoms with Gasteiger partial charge in [-0.1, -0.05) is 12.1 Å². The number of nitrogens with one attached hydrogen (secondary N) is 1. The zero-order valence-corrected chi connectivity index (χ0v) is 19.9. The van der Waals surface area contributed by atoms with Gasteiger partial charge in [-0.25, -0.2) is 9.97 Å². The Labute approximate surface area is 191 Å². The first-order chi connectivity index (χ1) is 13.7. The number of guanidine groups is 1. The number of nitrogens with zero attached hydrogens (tertiary/aromatic N) is 6. The van der Waals surface area contributed by atoms with E-state index < -0.39 is 0 Å². The summed E-state index contributed by atoms with van der Waals surface area (Å²) in [5.74, 6) is 1.77. The van der Waals surface area contributed by atoms with Gasteiger partial charge >= 0.3 is 0 Å². The monoisotopic (exact) mass is 509 g/mol. The summed E-state index contributed by atoms with van der Waals surface area (Å²) in [6, 6.07) is 10.5. The van der Waals surface area contributed by atoms with Gasteiger partial charge in [-0.3, -0.25) is 4.99 Å². The van der Waals surface area contributed by atoms with E-state index in [1.165, 1.54) is 11.3 Å². The van der Waals surface area contributed by atoms with E-state index in [9.17, 15) is 0 Å². The second kappa shape index (κ2) is 11.8. The van der Waals surface area contributed by atoms with Crippen LogP contribution in [0.25, 0.3) is 0 Å². The van der Waals surface area contributed by atoms with Crippen LogP contribution in [-0.2, 0) is 0 Å². The summed E-state index contributed by atoms with van der Waals surface area (Å²) >= 11 is 0. The Morgan fingerprint density at radius 3 is 2.48 bits per heavy atom. The Hall–Kier alpha value is -2.10.